The highest BCUT2D eigenvalue weighted by Gasteiger charge is 2.14. The standard InChI is InChI=1S/C11H12ClN3O3/c12-8-4-7(6-14-15-11(13)16)5-9-10(8)18-3-1-2-17-9/h4-6H,1-3H2,(H3,13,15,16). The number of carbonyl (C=O) groups excluding carboxylic acids is 1. The Hall–Kier alpha value is -1.95. The second kappa shape index (κ2) is 5.59. The minimum Gasteiger partial charge on any atom is -0.489 e. The van der Waals surface area contributed by atoms with Crippen LogP contribution >= 0.6 is 11.6 Å². The summed E-state index contributed by atoms with van der Waals surface area (Å²) < 4.78 is 11.0. The lowest BCUT2D eigenvalue weighted by molar-refractivity contribution is 0.249. The Morgan fingerprint density at radius 2 is 2.22 bits per heavy atom. The molecule has 2 amide bonds. The number of urea groups is 1. The quantitative estimate of drug-likeness (QED) is 0.630. The van der Waals surface area contributed by atoms with Gasteiger partial charge in [0.25, 0.3) is 0 Å². The van der Waals surface area contributed by atoms with Crippen molar-refractivity contribution in [1.82, 2.24) is 5.43 Å². The number of hydrogen-bond acceptors (Lipinski definition) is 4. The number of benzene rings is 1. The molecule has 0 spiro atoms. The molecular formula is C11H12ClN3O3. The molecular weight excluding hydrogens is 258 g/mol. The summed E-state index contributed by atoms with van der Waals surface area (Å²) in [7, 11) is 0. The zero-order chi connectivity index (χ0) is 13.0. The van der Waals surface area contributed by atoms with Crippen molar-refractivity contribution in [3.63, 3.8) is 0 Å². The number of nitrogens with zero attached hydrogens (tertiary/aromatic N) is 1. The maximum Gasteiger partial charge on any atom is 0.332 e. The fourth-order valence-electron chi connectivity index (χ4n) is 1.50. The van der Waals surface area contributed by atoms with Crippen LogP contribution in [0.25, 0.3) is 0 Å². The molecule has 1 aliphatic rings. The van der Waals surface area contributed by atoms with Gasteiger partial charge in [-0.15, -0.1) is 0 Å². The Morgan fingerprint density at radius 3 is 3.00 bits per heavy atom. The van der Waals surface area contributed by atoms with Gasteiger partial charge >= 0.3 is 6.03 Å². The van der Waals surface area contributed by atoms with E-state index in [4.69, 9.17) is 26.8 Å². The summed E-state index contributed by atoms with van der Waals surface area (Å²) in [5.74, 6) is 1.11. The van der Waals surface area contributed by atoms with Crippen LogP contribution < -0.4 is 20.6 Å². The Bertz CT molecular complexity index is 491. The first-order chi connectivity index (χ1) is 8.66. The van der Waals surface area contributed by atoms with Crippen LogP contribution in [0.4, 0.5) is 4.79 Å². The minimum absolute atomic E-state index is 0.440. The van der Waals surface area contributed by atoms with Gasteiger partial charge in [0.05, 0.1) is 24.5 Å². The summed E-state index contributed by atoms with van der Waals surface area (Å²) in [6.07, 6.45) is 2.23. The van der Waals surface area contributed by atoms with E-state index in [0.717, 1.165) is 6.42 Å². The first-order valence-electron chi connectivity index (χ1n) is 5.34. The van der Waals surface area contributed by atoms with Crippen LogP contribution in [0.1, 0.15) is 12.0 Å². The predicted octanol–water partition coefficient (Wildman–Crippen LogP) is 1.50. The van der Waals surface area contributed by atoms with Gasteiger partial charge in [-0.25, -0.2) is 10.2 Å². The molecule has 1 aromatic rings. The summed E-state index contributed by atoms with van der Waals surface area (Å²) in [6.45, 7) is 1.15. The monoisotopic (exact) mass is 269 g/mol. The highest BCUT2D eigenvalue weighted by molar-refractivity contribution is 6.32. The van der Waals surface area contributed by atoms with Gasteiger partial charge in [-0.05, 0) is 17.7 Å². The minimum atomic E-state index is -0.730. The van der Waals surface area contributed by atoms with Crippen molar-refractivity contribution in [3.8, 4) is 11.5 Å². The van der Waals surface area contributed by atoms with Crippen LogP contribution in [-0.4, -0.2) is 25.5 Å². The molecule has 2 rings (SSSR count). The largest absolute Gasteiger partial charge is 0.489 e. The molecule has 18 heavy (non-hydrogen) atoms. The number of nitrogens with one attached hydrogen (secondary N) is 1. The Morgan fingerprint density at radius 1 is 1.44 bits per heavy atom. The van der Waals surface area contributed by atoms with Gasteiger partial charge in [-0.1, -0.05) is 11.6 Å². The van der Waals surface area contributed by atoms with Gasteiger partial charge in [0.15, 0.2) is 11.5 Å². The summed E-state index contributed by atoms with van der Waals surface area (Å²) in [4.78, 5) is 10.5. The van der Waals surface area contributed by atoms with E-state index in [1.807, 2.05) is 0 Å². The van der Waals surface area contributed by atoms with Gasteiger partial charge < -0.3 is 15.2 Å². The summed E-state index contributed by atoms with van der Waals surface area (Å²) in [5, 5.41) is 4.09. The van der Waals surface area contributed by atoms with Crippen molar-refractivity contribution in [2.24, 2.45) is 10.8 Å². The number of amides is 2. The number of hydrogen-bond donors (Lipinski definition) is 2. The van der Waals surface area contributed by atoms with Crippen LogP contribution in [0.5, 0.6) is 11.5 Å². The molecule has 7 heteroatoms. The molecule has 6 nitrogen and oxygen atoms in total. The maximum absolute atomic E-state index is 10.5. The molecule has 0 aromatic heterocycles. The highest BCUT2D eigenvalue weighted by atomic mass is 35.5. The van der Waals surface area contributed by atoms with Crippen molar-refractivity contribution in [2.75, 3.05) is 13.2 Å². The lowest BCUT2D eigenvalue weighted by Gasteiger charge is -2.09. The molecule has 1 aromatic carbocycles. The van der Waals surface area contributed by atoms with Crippen molar-refractivity contribution in [1.29, 1.82) is 0 Å². The number of halogens is 1. The molecule has 1 heterocycles. The first kappa shape index (κ1) is 12.5. The summed E-state index contributed by atoms with van der Waals surface area (Å²) in [6, 6.07) is 2.67. The molecule has 0 radical (unpaired) electrons. The number of ether oxygens (including phenoxy) is 2. The Kier molecular flexibility index (Phi) is 3.88. The first-order valence-corrected chi connectivity index (χ1v) is 5.72. The lowest BCUT2D eigenvalue weighted by atomic mass is 10.2. The van der Waals surface area contributed by atoms with Gasteiger partial charge in [-0.3, -0.25) is 0 Å². The molecule has 0 saturated carbocycles. The van der Waals surface area contributed by atoms with Gasteiger partial charge in [0.2, 0.25) is 0 Å². The van der Waals surface area contributed by atoms with Crippen molar-refractivity contribution < 1.29 is 14.3 Å². The van der Waals surface area contributed by atoms with E-state index in [0.29, 0.717) is 35.3 Å². The van der Waals surface area contributed by atoms with Crippen LogP contribution in [0.15, 0.2) is 17.2 Å². The maximum atomic E-state index is 10.5. The summed E-state index contributed by atoms with van der Waals surface area (Å²) in [5.41, 5.74) is 7.66. The molecule has 0 unspecified atom stereocenters. The number of primary amides is 1. The molecule has 3 N–H and O–H groups in total. The number of nitrogens with two attached hydrogens (primary N) is 1. The molecule has 0 fully saturated rings. The lowest BCUT2D eigenvalue weighted by Crippen LogP contribution is -2.24. The van der Waals surface area contributed by atoms with Crippen molar-refractivity contribution >= 4 is 23.8 Å². The van der Waals surface area contributed by atoms with E-state index >= 15 is 0 Å². The molecule has 96 valence electrons. The second-order valence-electron chi connectivity index (χ2n) is 3.61. The third kappa shape index (κ3) is 3.04. The second-order valence-corrected chi connectivity index (χ2v) is 4.02. The fraction of sp³-hybridized carbons (Fsp3) is 0.273. The van der Waals surface area contributed by atoms with Crippen LogP contribution in [0.2, 0.25) is 5.02 Å². The Labute approximate surface area is 109 Å². The molecule has 0 bridgehead atoms. The average molecular weight is 270 g/mol. The third-order valence-corrected chi connectivity index (χ3v) is 2.49. The molecule has 0 atom stereocenters. The van der Waals surface area contributed by atoms with Crippen molar-refractivity contribution in [3.05, 3.63) is 22.7 Å². The fourth-order valence-corrected chi connectivity index (χ4v) is 1.77. The van der Waals surface area contributed by atoms with E-state index in [1.54, 1.807) is 12.1 Å². The number of hydrazone groups is 1. The van der Waals surface area contributed by atoms with Gasteiger partial charge in [-0.2, -0.15) is 5.10 Å². The highest BCUT2D eigenvalue weighted by Crippen LogP contribution is 2.37. The van der Waals surface area contributed by atoms with Crippen LogP contribution in [0, 0.1) is 0 Å². The van der Waals surface area contributed by atoms with E-state index in [9.17, 15) is 4.79 Å². The zero-order valence-corrected chi connectivity index (χ0v) is 10.2. The van der Waals surface area contributed by atoms with Gasteiger partial charge in [0.1, 0.15) is 0 Å². The average Bonchev–Trinajstić information content (AvgIpc) is 2.54. The summed E-state index contributed by atoms with van der Waals surface area (Å²) >= 11 is 6.08. The predicted molar refractivity (Wildman–Crippen MR) is 67.4 cm³/mol. The van der Waals surface area contributed by atoms with Crippen molar-refractivity contribution in [2.45, 2.75) is 6.42 Å². The van der Waals surface area contributed by atoms with E-state index in [-0.39, 0.29) is 0 Å². The van der Waals surface area contributed by atoms with E-state index < -0.39 is 6.03 Å². The SMILES string of the molecule is NC(=O)NN=Cc1cc(Cl)c2c(c1)OCCCO2. The normalized spacial score (nSPS) is 14.3. The van der Waals surface area contributed by atoms with Crippen LogP contribution in [0.3, 0.4) is 0 Å². The van der Waals surface area contributed by atoms with E-state index in [2.05, 4.69) is 10.5 Å². The smallest absolute Gasteiger partial charge is 0.332 e. The Balaban J connectivity index is 2.23. The van der Waals surface area contributed by atoms with Gasteiger partial charge in [0, 0.05) is 6.42 Å². The third-order valence-electron chi connectivity index (χ3n) is 2.21. The molecule has 1 aliphatic heterocycles. The number of fused-ring (bicyclic) bond motifs is 1. The molecule has 0 saturated heterocycles. The number of rotatable bonds is 2. The molecule has 0 aliphatic carbocycles. The zero-order valence-electron chi connectivity index (χ0n) is 9.48. The topological polar surface area (TPSA) is 85.9 Å². The van der Waals surface area contributed by atoms with E-state index in [1.165, 1.54) is 6.21 Å². The number of carbonyl (C=O) groups is 1. The van der Waals surface area contributed by atoms with Crippen LogP contribution in [-0.2, 0) is 0 Å².